The van der Waals surface area contributed by atoms with E-state index in [9.17, 15) is 15.0 Å². The number of aromatic nitrogens is 3. The van der Waals surface area contributed by atoms with Crippen molar-refractivity contribution in [1.82, 2.24) is 15.6 Å². The van der Waals surface area contributed by atoms with E-state index in [0.29, 0.717) is 5.16 Å². The van der Waals surface area contributed by atoms with Crippen LogP contribution in [0.25, 0.3) is 17.1 Å². The second-order valence-electron chi connectivity index (χ2n) is 7.20. The van der Waals surface area contributed by atoms with Gasteiger partial charge in [-0.2, -0.15) is 9.67 Å². The third-order valence-corrected chi connectivity index (χ3v) is 5.67. The van der Waals surface area contributed by atoms with Crippen LogP contribution in [-0.4, -0.2) is 33.2 Å². The monoisotopic (exact) mass is 459 g/mol. The summed E-state index contributed by atoms with van der Waals surface area (Å²) >= 11 is 1.26. The molecule has 4 rings (SSSR count). The molecule has 3 aromatic carbocycles. The topological polar surface area (TPSA) is 117 Å². The second-order valence-corrected chi connectivity index (χ2v) is 8.14. The van der Waals surface area contributed by atoms with Crippen LogP contribution in [0.4, 0.5) is 0 Å². The van der Waals surface area contributed by atoms with E-state index >= 15 is 0 Å². The Morgan fingerprint density at radius 3 is 2.67 bits per heavy atom. The van der Waals surface area contributed by atoms with E-state index in [4.69, 9.17) is 0 Å². The molecule has 1 aromatic heterocycles. The number of para-hydroxylation sites is 1. The molecule has 4 aromatic rings. The molecule has 166 valence electrons. The molecule has 0 atom stereocenters. The SMILES string of the molecule is Cc1ccc(-c2[nH]nc(SCC(=O)NN=Cc3ccc(O)cc3[O-])[n+]2-c2ccccc2)cc1. The molecule has 0 saturated heterocycles. The summed E-state index contributed by atoms with van der Waals surface area (Å²) < 4.78 is 1.96. The van der Waals surface area contributed by atoms with Crippen molar-refractivity contribution in [1.29, 1.82) is 0 Å². The Kier molecular flexibility index (Phi) is 6.70. The maximum atomic E-state index is 12.3. The number of carbonyl (C=O) groups excluding carboxylic acids is 1. The number of phenolic OH excluding ortho intramolecular Hbond substituents is 1. The van der Waals surface area contributed by atoms with Crippen LogP contribution in [0.2, 0.25) is 0 Å². The van der Waals surface area contributed by atoms with Crippen LogP contribution in [0.15, 0.2) is 83.1 Å². The van der Waals surface area contributed by atoms with Crippen molar-refractivity contribution in [2.45, 2.75) is 12.1 Å². The smallest absolute Gasteiger partial charge is 0.342 e. The summed E-state index contributed by atoms with van der Waals surface area (Å²) in [6.07, 6.45) is 1.25. The standard InChI is InChI=1S/C24H21N5O3S/c1-16-7-9-17(10-8-16)23-27-28-24(29(23)19-5-3-2-4-6-19)33-15-22(32)26-25-14-18-11-12-20(30)13-21(18)31/h2-14H,15H2,1H3,(H3,25,26,30,31,32). The number of carbonyl (C=O) groups is 1. The van der Waals surface area contributed by atoms with Crippen LogP contribution in [0.5, 0.6) is 11.5 Å². The van der Waals surface area contributed by atoms with Gasteiger partial charge in [0, 0.05) is 0 Å². The zero-order valence-electron chi connectivity index (χ0n) is 17.7. The van der Waals surface area contributed by atoms with Gasteiger partial charge >= 0.3 is 5.16 Å². The van der Waals surface area contributed by atoms with Crippen LogP contribution in [-0.2, 0) is 4.79 Å². The number of phenols is 1. The largest absolute Gasteiger partial charge is 0.872 e. The van der Waals surface area contributed by atoms with Crippen molar-refractivity contribution >= 4 is 23.9 Å². The zero-order valence-corrected chi connectivity index (χ0v) is 18.5. The predicted octanol–water partition coefficient (Wildman–Crippen LogP) is 2.68. The van der Waals surface area contributed by atoms with Crippen molar-refractivity contribution in [2.24, 2.45) is 5.10 Å². The minimum Gasteiger partial charge on any atom is -0.872 e. The molecule has 8 nitrogen and oxygen atoms in total. The van der Waals surface area contributed by atoms with Crippen LogP contribution in [0.1, 0.15) is 11.1 Å². The minimum absolute atomic E-state index is 0.0716. The van der Waals surface area contributed by atoms with Gasteiger partial charge in [0.2, 0.25) is 0 Å². The van der Waals surface area contributed by atoms with Crippen molar-refractivity contribution in [3.05, 3.63) is 83.9 Å². The maximum Gasteiger partial charge on any atom is 0.342 e. The first kappa shape index (κ1) is 22.1. The number of hydrazone groups is 1. The molecule has 3 N–H and O–H groups in total. The third-order valence-electron chi connectivity index (χ3n) is 4.73. The summed E-state index contributed by atoms with van der Waals surface area (Å²) in [4.78, 5) is 12.3. The molecule has 0 bridgehead atoms. The molecule has 0 aliphatic rings. The van der Waals surface area contributed by atoms with Gasteiger partial charge in [0.15, 0.2) is 0 Å². The Morgan fingerprint density at radius 1 is 1.18 bits per heavy atom. The molecule has 9 heteroatoms. The van der Waals surface area contributed by atoms with Gasteiger partial charge in [0.05, 0.1) is 22.6 Å². The van der Waals surface area contributed by atoms with Crippen molar-refractivity contribution < 1.29 is 19.6 Å². The van der Waals surface area contributed by atoms with Gasteiger partial charge in [-0.05, 0) is 60.6 Å². The summed E-state index contributed by atoms with van der Waals surface area (Å²) in [5.74, 6) is 0.0292. The summed E-state index contributed by atoms with van der Waals surface area (Å²) in [6.45, 7) is 2.03. The van der Waals surface area contributed by atoms with Crippen molar-refractivity contribution in [3.63, 3.8) is 0 Å². The summed E-state index contributed by atoms with van der Waals surface area (Å²) in [7, 11) is 0. The van der Waals surface area contributed by atoms with Gasteiger partial charge in [-0.3, -0.25) is 4.79 Å². The fourth-order valence-electron chi connectivity index (χ4n) is 3.08. The highest BCUT2D eigenvalue weighted by Crippen LogP contribution is 2.21. The Balaban J connectivity index is 1.49. The van der Waals surface area contributed by atoms with Gasteiger partial charge in [0.25, 0.3) is 11.7 Å². The Hall–Kier alpha value is -4.11. The van der Waals surface area contributed by atoms with E-state index in [0.717, 1.165) is 28.7 Å². The highest BCUT2D eigenvalue weighted by molar-refractivity contribution is 7.99. The van der Waals surface area contributed by atoms with Gasteiger partial charge in [-0.1, -0.05) is 47.7 Å². The van der Waals surface area contributed by atoms with Gasteiger partial charge in [0.1, 0.15) is 11.4 Å². The molecular weight excluding hydrogens is 438 g/mol. The lowest BCUT2D eigenvalue weighted by Gasteiger charge is -2.09. The molecule has 0 spiro atoms. The predicted molar refractivity (Wildman–Crippen MR) is 124 cm³/mol. The molecular formula is C24H21N5O3S. The van der Waals surface area contributed by atoms with E-state index < -0.39 is 0 Å². The summed E-state index contributed by atoms with van der Waals surface area (Å²) in [6, 6.07) is 21.8. The number of hydrogen-bond donors (Lipinski definition) is 3. The summed E-state index contributed by atoms with van der Waals surface area (Å²) in [5.41, 5.74) is 5.72. The fraction of sp³-hybridized carbons (Fsp3) is 0.0833. The number of thioether (sulfide) groups is 1. The fourth-order valence-corrected chi connectivity index (χ4v) is 3.84. The van der Waals surface area contributed by atoms with Crippen molar-refractivity contribution in [2.75, 3.05) is 5.75 Å². The quantitative estimate of drug-likeness (QED) is 0.170. The molecule has 1 amide bonds. The number of aromatic amines is 1. The zero-order chi connectivity index (χ0) is 23.2. The second kappa shape index (κ2) is 10.0. The summed E-state index contributed by atoms with van der Waals surface area (Å²) in [5, 5.41) is 33.0. The molecule has 0 saturated carbocycles. The van der Waals surface area contributed by atoms with Gasteiger partial charge in [-0.25, -0.2) is 5.43 Å². The number of benzene rings is 3. The Labute approximate surface area is 194 Å². The van der Waals surface area contributed by atoms with E-state index in [1.54, 1.807) is 0 Å². The van der Waals surface area contributed by atoms with E-state index in [-0.39, 0.29) is 28.7 Å². The highest BCUT2D eigenvalue weighted by atomic mass is 32.2. The maximum absolute atomic E-state index is 12.3. The first-order valence-corrected chi connectivity index (χ1v) is 11.1. The number of hydrogen-bond acceptors (Lipinski definition) is 6. The van der Waals surface area contributed by atoms with Crippen LogP contribution in [0, 0.1) is 6.92 Å². The molecule has 0 aliphatic carbocycles. The molecule has 0 aliphatic heterocycles. The average Bonchev–Trinajstić information content (AvgIpc) is 3.24. The Morgan fingerprint density at radius 2 is 1.94 bits per heavy atom. The van der Waals surface area contributed by atoms with E-state index in [2.05, 4.69) is 20.7 Å². The minimum atomic E-state index is -0.383. The lowest BCUT2D eigenvalue weighted by atomic mass is 10.1. The van der Waals surface area contributed by atoms with Crippen molar-refractivity contribution in [3.8, 4) is 28.6 Å². The van der Waals surface area contributed by atoms with Gasteiger partial charge < -0.3 is 10.2 Å². The number of amides is 1. The van der Waals surface area contributed by atoms with Crippen LogP contribution < -0.4 is 15.1 Å². The van der Waals surface area contributed by atoms with E-state index in [1.165, 1.54) is 30.1 Å². The molecule has 33 heavy (non-hydrogen) atoms. The lowest BCUT2D eigenvalue weighted by Crippen LogP contribution is -2.34. The number of H-pyrrole nitrogens is 1. The lowest BCUT2D eigenvalue weighted by molar-refractivity contribution is -0.625. The molecule has 0 radical (unpaired) electrons. The average molecular weight is 460 g/mol. The highest BCUT2D eigenvalue weighted by Gasteiger charge is 2.24. The molecule has 0 fully saturated rings. The molecule has 0 unspecified atom stereocenters. The first-order valence-electron chi connectivity index (χ1n) is 10.1. The number of rotatable bonds is 7. The number of aryl methyl sites for hydroxylation is 1. The number of nitrogens with zero attached hydrogens (tertiary/aromatic N) is 3. The van der Waals surface area contributed by atoms with Crippen LogP contribution in [0.3, 0.4) is 0 Å². The van der Waals surface area contributed by atoms with Crippen LogP contribution >= 0.6 is 11.8 Å². The first-order chi connectivity index (χ1) is 16.0. The van der Waals surface area contributed by atoms with Gasteiger partial charge in [-0.15, -0.1) is 5.10 Å². The molecule has 1 heterocycles. The number of nitrogens with one attached hydrogen (secondary N) is 2. The Bertz CT molecular complexity index is 1290. The third kappa shape index (κ3) is 5.39. The van der Waals surface area contributed by atoms with E-state index in [1.807, 2.05) is 66.1 Å². The number of aromatic hydroxyl groups is 1. The normalized spacial score (nSPS) is 11.1.